The summed E-state index contributed by atoms with van der Waals surface area (Å²) in [5, 5.41) is 3.31. The van der Waals surface area contributed by atoms with Crippen LogP contribution in [-0.4, -0.2) is 31.3 Å². The van der Waals surface area contributed by atoms with Gasteiger partial charge in [-0.3, -0.25) is 4.99 Å². The van der Waals surface area contributed by atoms with Gasteiger partial charge in [-0.2, -0.15) is 0 Å². The molecule has 5 heteroatoms. The molecule has 1 aliphatic carbocycles. The van der Waals surface area contributed by atoms with Crippen molar-refractivity contribution in [1.82, 2.24) is 5.32 Å². The van der Waals surface area contributed by atoms with E-state index in [4.69, 9.17) is 10.5 Å². The van der Waals surface area contributed by atoms with Gasteiger partial charge in [0.05, 0.1) is 12.6 Å². The highest BCUT2D eigenvalue weighted by Crippen LogP contribution is 2.37. The molecular weight excluding hydrogens is 330 g/mol. The lowest BCUT2D eigenvalue weighted by Crippen LogP contribution is -2.46. The first-order valence-electron chi connectivity index (χ1n) is 7.64. The number of nitrogens with two attached hydrogens (primary N) is 1. The highest BCUT2D eigenvalue weighted by Gasteiger charge is 2.30. The third-order valence-corrected chi connectivity index (χ3v) is 4.85. The van der Waals surface area contributed by atoms with Crippen LogP contribution in [0.4, 0.5) is 0 Å². The molecule has 3 N–H and O–H groups in total. The maximum atomic E-state index is 5.94. The van der Waals surface area contributed by atoms with Gasteiger partial charge in [0.25, 0.3) is 0 Å². The third-order valence-electron chi connectivity index (χ3n) is 4.32. The summed E-state index contributed by atoms with van der Waals surface area (Å²) >= 11 is 3.47. The number of hydrogen-bond acceptors (Lipinski definition) is 2. The van der Waals surface area contributed by atoms with Crippen LogP contribution >= 0.6 is 15.9 Å². The SMILES string of the molecule is NC(=NCC1CCCO1)NC1CC(c2ccc(Br)cc2)C1. The summed E-state index contributed by atoms with van der Waals surface area (Å²) in [6.07, 6.45) is 4.76. The lowest BCUT2D eigenvalue weighted by atomic mass is 9.76. The second-order valence-corrected chi connectivity index (χ2v) is 6.84. The zero-order valence-electron chi connectivity index (χ0n) is 12.1. The Balaban J connectivity index is 1.41. The van der Waals surface area contributed by atoms with Crippen molar-refractivity contribution in [3.8, 4) is 0 Å². The number of benzene rings is 1. The van der Waals surface area contributed by atoms with Crippen LogP contribution in [0.3, 0.4) is 0 Å². The average Bonchev–Trinajstić information content (AvgIpc) is 2.95. The number of rotatable bonds is 4. The number of hydrogen-bond donors (Lipinski definition) is 2. The quantitative estimate of drug-likeness (QED) is 0.647. The van der Waals surface area contributed by atoms with Crippen LogP contribution in [0.25, 0.3) is 0 Å². The Kier molecular flexibility index (Phi) is 4.80. The van der Waals surface area contributed by atoms with Crippen molar-refractivity contribution in [3.05, 3.63) is 34.3 Å². The Labute approximate surface area is 134 Å². The molecular formula is C16H22BrN3O. The summed E-state index contributed by atoms with van der Waals surface area (Å²) in [5.41, 5.74) is 7.35. The minimum Gasteiger partial charge on any atom is -0.376 e. The van der Waals surface area contributed by atoms with Gasteiger partial charge < -0.3 is 15.8 Å². The summed E-state index contributed by atoms with van der Waals surface area (Å²) in [4.78, 5) is 4.39. The van der Waals surface area contributed by atoms with E-state index in [9.17, 15) is 0 Å². The van der Waals surface area contributed by atoms with Crippen molar-refractivity contribution in [2.45, 2.75) is 43.7 Å². The largest absolute Gasteiger partial charge is 0.376 e. The molecule has 114 valence electrons. The first-order valence-corrected chi connectivity index (χ1v) is 8.43. The molecule has 1 atom stereocenters. The van der Waals surface area contributed by atoms with Crippen LogP contribution in [0.15, 0.2) is 33.7 Å². The molecule has 0 bridgehead atoms. The van der Waals surface area contributed by atoms with E-state index in [2.05, 4.69) is 50.5 Å². The first kappa shape index (κ1) is 14.9. The van der Waals surface area contributed by atoms with E-state index in [0.717, 1.165) is 36.8 Å². The van der Waals surface area contributed by atoms with Gasteiger partial charge in [-0.1, -0.05) is 28.1 Å². The zero-order valence-corrected chi connectivity index (χ0v) is 13.7. The maximum Gasteiger partial charge on any atom is 0.188 e. The molecule has 2 fully saturated rings. The summed E-state index contributed by atoms with van der Waals surface area (Å²) in [7, 11) is 0. The van der Waals surface area contributed by atoms with Crippen molar-refractivity contribution in [2.75, 3.05) is 13.2 Å². The zero-order chi connectivity index (χ0) is 14.7. The number of aliphatic imine (C=N–C) groups is 1. The Bertz CT molecular complexity index is 491. The van der Waals surface area contributed by atoms with Crippen LogP contribution in [-0.2, 0) is 4.74 Å². The van der Waals surface area contributed by atoms with E-state index in [1.807, 2.05) is 0 Å². The fourth-order valence-electron chi connectivity index (χ4n) is 2.99. The lowest BCUT2D eigenvalue weighted by molar-refractivity contribution is 0.117. The summed E-state index contributed by atoms with van der Waals surface area (Å²) in [6, 6.07) is 9.05. The van der Waals surface area contributed by atoms with E-state index in [0.29, 0.717) is 24.5 Å². The molecule has 0 aromatic heterocycles. The highest BCUT2D eigenvalue weighted by molar-refractivity contribution is 9.10. The number of guanidine groups is 1. The van der Waals surface area contributed by atoms with E-state index in [1.54, 1.807) is 0 Å². The number of nitrogens with one attached hydrogen (secondary N) is 1. The Morgan fingerprint density at radius 3 is 2.76 bits per heavy atom. The topological polar surface area (TPSA) is 59.6 Å². The molecule has 2 aliphatic rings. The van der Waals surface area contributed by atoms with Gasteiger partial charge in [-0.15, -0.1) is 0 Å². The summed E-state index contributed by atoms with van der Waals surface area (Å²) in [5.74, 6) is 1.20. The minimum absolute atomic E-state index is 0.266. The number of nitrogens with zero attached hydrogens (tertiary/aromatic N) is 1. The smallest absolute Gasteiger partial charge is 0.188 e. The van der Waals surface area contributed by atoms with Gasteiger partial charge >= 0.3 is 0 Å². The molecule has 0 radical (unpaired) electrons. The molecule has 21 heavy (non-hydrogen) atoms. The van der Waals surface area contributed by atoms with Crippen molar-refractivity contribution in [3.63, 3.8) is 0 Å². The van der Waals surface area contributed by atoms with Crippen molar-refractivity contribution in [2.24, 2.45) is 10.7 Å². The molecule has 4 nitrogen and oxygen atoms in total. The Hall–Kier alpha value is -1.07. The Morgan fingerprint density at radius 2 is 2.10 bits per heavy atom. The average molecular weight is 352 g/mol. The van der Waals surface area contributed by atoms with E-state index in [-0.39, 0.29) is 6.10 Å². The lowest BCUT2D eigenvalue weighted by Gasteiger charge is -2.36. The molecule has 3 rings (SSSR count). The normalized spacial score (nSPS) is 29.2. The van der Waals surface area contributed by atoms with Gasteiger partial charge in [0.15, 0.2) is 5.96 Å². The molecule has 1 aromatic carbocycles. The van der Waals surface area contributed by atoms with Crippen molar-refractivity contribution >= 4 is 21.9 Å². The monoisotopic (exact) mass is 351 g/mol. The highest BCUT2D eigenvalue weighted by atomic mass is 79.9. The van der Waals surface area contributed by atoms with Gasteiger partial charge in [0, 0.05) is 17.1 Å². The fourth-order valence-corrected chi connectivity index (χ4v) is 3.25. The van der Waals surface area contributed by atoms with Crippen LogP contribution in [0.5, 0.6) is 0 Å². The molecule has 0 amide bonds. The second-order valence-electron chi connectivity index (χ2n) is 5.92. The van der Waals surface area contributed by atoms with Crippen molar-refractivity contribution in [1.29, 1.82) is 0 Å². The van der Waals surface area contributed by atoms with Crippen LogP contribution in [0.2, 0.25) is 0 Å². The van der Waals surface area contributed by atoms with Crippen LogP contribution in [0.1, 0.15) is 37.2 Å². The van der Waals surface area contributed by atoms with Crippen LogP contribution < -0.4 is 11.1 Å². The molecule has 1 aromatic rings. The second kappa shape index (κ2) is 6.79. The standard InChI is InChI=1S/C16H22BrN3O/c17-13-5-3-11(4-6-13)12-8-14(9-12)20-16(18)19-10-15-2-1-7-21-15/h3-6,12,14-15H,1-2,7-10H2,(H3,18,19,20). The van der Waals surface area contributed by atoms with E-state index >= 15 is 0 Å². The van der Waals surface area contributed by atoms with E-state index < -0.39 is 0 Å². The van der Waals surface area contributed by atoms with Gasteiger partial charge in [0.2, 0.25) is 0 Å². The molecule has 1 aliphatic heterocycles. The molecule has 0 spiro atoms. The molecule has 1 saturated heterocycles. The minimum atomic E-state index is 0.266. The summed E-state index contributed by atoms with van der Waals surface area (Å²) in [6.45, 7) is 1.55. The van der Waals surface area contributed by atoms with Gasteiger partial charge in [-0.05, 0) is 49.3 Å². The molecule has 1 heterocycles. The number of ether oxygens (including phenoxy) is 1. The fraction of sp³-hybridized carbons (Fsp3) is 0.562. The maximum absolute atomic E-state index is 5.94. The van der Waals surface area contributed by atoms with Crippen molar-refractivity contribution < 1.29 is 4.74 Å². The van der Waals surface area contributed by atoms with E-state index in [1.165, 1.54) is 5.56 Å². The van der Waals surface area contributed by atoms with Gasteiger partial charge in [-0.25, -0.2) is 0 Å². The summed E-state index contributed by atoms with van der Waals surface area (Å²) < 4.78 is 6.67. The predicted octanol–water partition coefficient (Wildman–Crippen LogP) is 2.78. The molecule has 1 unspecified atom stereocenters. The predicted molar refractivity (Wildman–Crippen MR) is 88.5 cm³/mol. The number of halogens is 1. The first-order chi connectivity index (χ1) is 10.2. The van der Waals surface area contributed by atoms with Crippen LogP contribution in [0, 0.1) is 0 Å². The Morgan fingerprint density at radius 1 is 1.33 bits per heavy atom. The van der Waals surface area contributed by atoms with Gasteiger partial charge in [0.1, 0.15) is 0 Å². The molecule has 1 saturated carbocycles. The third kappa shape index (κ3) is 3.98.